The number of carbonyl (C=O) groups excluding carboxylic acids is 2. The Labute approximate surface area is 433 Å². The topological polar surface area (TPSA) is 111 Å². The lowest BCUT2D eigenvalue weighted by molar-refractivity contribution is -0.870. The van der Waals surface area contributed by atoms with Crippen LogP contribution in [0.3, 0.4) is 0 Å². The first-order valence-corrected chi connectivity index (χ1v) is 30.8. The van der Waals surface area contributed by atoms with Gasteiger partial charge in [-0.1, -0.05) is 236 Å². The van der Waals surface area contributed by atoms with Crippen LogP contribution in [0.4, 0.5) is 0 Å². The Kier molecular flexibility index (Phi) is 50.4. The number of allylic oxidation sites excluding steroid dienone is 8. The third-order valence-electron chi connectivity index (χ3n) is 12.8. The van der Waals surface area contributed by atoms with E-state index in [1.165, 1.54) is 161 Å². The van der Waals surface area contributed by atoms with Crippen LogP contribution in [0, 0.1) is 0 Å². The van der Waals surface area contributed by atoms with Crippen molar-refractivity contribution < 1.29 is 42.1 Å². The molecule has 0 bridgehead atoms. The van der Waals surface area contributed by atoms with Gasteiger partial charge in [0, 0.05) is 12.8 Å². The molecule has 0 aromatic carbocycles. The quantitative estimate of drug-likeness (QED) is 0.0195. The van der Waals surface area contributed by atoms with Gasteiger partial charge in [0.15, 0.2) is 6.10 Å². The maximum atomic E-state index is 12.8. The van der Waals surface area contributed by atoms with Crippen LogP contribution in [0.25, 0.3) is 0 Å². The molecule has 410 valence electrons. The van der Waals surface area contributed by atoms with E-state index in [9.17, 15) is 19.0 Å². The minimum atomic E-state index is -4.63. The number of phosphoric acid groups is 1. The zero-order valence-corrected chi connectivity index (χ0v) is 47.4. The molecule has 0 heterocycles. The summed E-state index contributed by atoms with van der Waals surface area (Å²) in [6.45, 7) is 4.17. The summed E-state index contributed by atoms with van der Waals surface area (Å²) in [5, 5.41) is 0. The Bertz CT molecular complexity index is 1320. The zero-order valence-electron chi connectivity index (χ0n) is 46.5. The largest absolute Gasteiger partial charge is 0.756 e. The lowest BCUT2D eigenvalue weighted by atomic mass is 10.0. The molecule has 0 amide bonds. The smallest absolute Gasteiger partial charge is 0.306 e. The summed E-state index contributed by atoms with van der Waals surface area (Å²) in [5.41, 5.74) is 0. The third kappa shape index (κ3) is 55.3. The lowest BCUT2D eigenvalue weighted by Gasteiger charge is -2.28. The fraction of sp³-hybridized carbons (Fsp3) is 0.833. The van der Waals surface area contributed by atoms with Gasteiger partial charge in [-0.05, 0) is 70.6 Å². The van der Waals surface area contributed by atoms with Crippen molar-refractivity contribution in [1.82, 2.24) is 0 Å². The average molecular weight is 1010 g/mol. The molecule has 0 saturated carbocycles. The van der Waals surface area contributed by atoms with Crippen molar-refractivity contribution in [3.05, 3.63) is 48.6 Å². The molecule has 0 aromatic rings. The van der Waals surface area contributed by atoms with Crippen LogP contribution in [0.15, 0.2) is 48.6 Å². The number of carbonyl (C=O) groups is 2. The summed E-state index contributed by atoms with van der Waals surface area (Å²) < 4.78 is 34.1. The molecule has 10 heteroatoms. The highest BCUT2D eigenvalue weighted by atomic mass is 31.2. The summed E-state index contributed by atoms with van der Waals surface area (Å²) in [4.78, 5) is 37.7. The summed E-state index contributed by atoms with van der Waals surface area (Å²) in [6, 6.07) is 0. The van der Waals surface area contributed by atoms with Gasteiger partial charge in [0.25, 0.3) is 7.82 Å². The first-order chi connectivity index (χ1) is 34.0. The number of nitrogens with zero attached hydrogens (tertiary/aromatic N) is 1. The second-order valence-electron chi connectivity index (χ2n) is 21.0. The van der Waals surface area contributed by atoms with E-state index in [0.717, 1.165) is 70.6 Å². The SMILES string of the molecule is CCC/C=C\C/C=C\CCCCCCCC(=O)OCC(COP(=O)([O-])OCC[N+](C)(C)C)OC(=O)CCCCCCCCCCCCCCCCCCCCCCC/C=C\C/C=C\CCCCCCC. The van der Waals surface area contributed by atoms with Gasteiger partial charge in [0.1, 0.15) is 19.8 Å². The second-order valence-corrected chi connectivity index (χ2v) is 22.4. The third-order valence-corrected chi connectivity index (χ3v) is 13.8. The number of hydrogen-bond acceptors (Lipinski definition) is 8. The van der Waals surface area contributed by atoms with E-state index < -0.39 is 32.5 Å². The predicted octanol–water partition coefficient (Wildman–Crippen LogP) is 17.5. The van der Waals surface area contributed by atoms with Gasteiger partial charge in [0.2, 0.25) is 0 Å². The molecule has 0 spiro atoms. The molecule has 0 aliphatic carbocycles. The standard InChI is InChI=1S/C60H112NO8P/c1-6-8-10-12-14-16-18-20-21-22-23-24-25-26-27-28-29-30-31-32-33-34-35-36-37-38-39-41-43-45-47-49-51-53-60(63)69-58(57-68-70(64,65)67-55-54-61(3,4)5)56-66-59(62)52-50-48-46-44-42-40-19-17-15-13-11-9-7-2/h11,13,17-20,22-23,58H,6-10,12,14-16,21,24-57H2,1-5H3/b13-11-,19-17-,20-18-,23-22-. The van der Waals surface area contributed by atoms with Crippen LogP contribution in [0.1, 0.15) is 271 Å². The Morgan fingerprint density at radius 2 is 0.800 bits per heavy atom. The molecule has 0 aliphatic heterocycles. The van der Waals surface area contributed by atoms with Gasteiger partial charge in [-0.2, -0.15) is 0 Å². The molecule has 70 heavy (non-hydrogen) atoms. The van der Waals surface area contributed by atoms with Crippen molar-refractivity contribution in [3.63, 3.8) is 0 Å². The van der Waals surface area contributed by atoms with Gasteiger partial charge in [-0.25, -0.2) is 0 Å². The minimum absolute atomic E-state index is 0.0326. The molecule has 9 nitrogen and oxygen atoms in total. The van der Waals surface area contributed by atoms with Crippen LogP contribution in [0.5, 0.6) is 0 Å². The lowest BCUT2D eigenvalue weighted by Crippen LogP contribution is -2.37. The van der Waals surface area contributed by atoms with Gasteiger partial charge >= 0.3 is 11.9 Å². The second kappa shape index (κ2) is 51.9. The van der Waals surface area contributed by atoms with Gasteiger partial charge in [-0.15, -0.1) is 0 Å². The number of unbranched alkanes of at least 4 members (excludes halogenated alkanes) is 32. The molecule has 0 saturated heterocycles. The summed E-state index contributed by atoms with van der Waals surface area (Å²) in [7, 11) is 1.16. The molecule has 0 N–H and O–H groups in total. The van der Waals surface area contributed by atoms with Crippen LogP contribution in [-0.2, 0) is 32.7 Å². The normalized spacial score (nSPS) is 13.6. The Morgan fingerprint density at radius 1 is 0.443 bits per heavy atom. The maximum absolute atomic E-state index is 12.8. The van der Waals surface area contributed by atoms with E-state index in [0.29, 0.717) is 23.9 Å². The highest BCUT2D eigenvalue weighted by Crippen LogP contribution is 2.38. The van der Waals surface area contributed by atoms with Crippen molar-refractivity contribution in [3.8, 4) is 0 Å². The zero-order chi connectivity index (χ0) is 51.3. The molecule has 0 rings (SSSR count). The van der Waals surface area contributed by atoms with Gasteiger partial charge in [-0.3, -0.25) is 14.2 Å². The summed E-state index contributed by atoms with van der Waals surface area (Å²) in [5.74, 6) is -0.842. The first kappa shape index (κ1) is 68.0. The number of likely N-dealkylation sites (N-methyl/N-ethyl adjacent to an activating group) is 1. The molecule has 2 unspecified atom stereocenters. The van der Waals surface area contributed by atoms with E-state index in [-0.39, 0.29) is 26.1 Å². The average Bonchev–Trinajstić information content (AvgIpc) is 3.32. The van der Waals surface area contributed by atoms with Crippen LogP contribution < -0.4 is 4.89 Å². The summed E-state index contributed by atoms with van der Waals surface area (Å²) >= 11 is 0. The number of phosphoric ester groups is 1. The molecular weight excluding hydrogens is 894 g/mol. The van der Waals surface area contributed by atoms with Crippen molar-refractivity contribution in [2.45, 2.75) is 277 Å². The number of hydrogen-bond donors (Lipinski definition) is 0. The molecule has 0 aromatic heterocycles. The molecule has 0 fully saturated rings. The van der Waals surface area contributed by atoms with Crippen LogP contribution in [0.2, 0.25) is 0 Å². The maximum Gasteiger partial charge on any atom is 0.306 e. The summed E-state index contributed by atoms with van der Waals surface area (Å²) in [6.07, 6.45) is 64.7. The fourth-order valence-electron chi connectivity index (χ4n) is 8.26. The molecule has 0 radical (unpaired) electrons. The fourth-order valence-corrected chi connectivity index (χ4v) is 8.98. The van der Waals surface area contributed by atoms with Crippen molar-refractivity contribution >= 4 is 19.8 Å². The number of quaternary nitrogens is 1. The van der Waals surface area contributed by atoms with E-state index in [2.05, 4.69) is 62.5 Å². The molecule has 2 atom stereocenters. The van der Waals surface area contributed by atoms with Crippen molar-refractivity contribution in [1.29, 1.82) is 0 Å². The Balaban J connectivity index is 3.99. The first-order valence-electron chi connectivity index (χ1n) is 29.3. The highest BCUT2D eigenvalue weighted by molar-refractivity contribution is 7.45. The molecular formula is C60H112NO8P. The highest BCUT2D eigenvalue weighted by Gasteiger charge is 2.22. The minimum Gasteiger partial charge on any atom is -0.756 e. The monoisotopic (exact) mass is 1010 g/mol. The van der Waals surface area contributed by atoms with Crippen LogP contribution in [-0.4, -0.2) is 70.0 Å². The van der Waals surface area contributed by atoms with E-state index in [4.69, 9.17) is 18.5 Å². The Hall–Kier alpha value is -2.03. The van der Waals surface area contributed by atoms with E-state index >= 15 is 0 Å². The van der Waals surface area contributed by atoms with Gasteiger partial charge < -0.3 is 27.9 Å². The Morgan fingerprint density at radius 3 is 1.19 bits per heavy atom. The number of ether oxygens (including phenoxy) is 2. The van der Waals surface area contributed by atoms with E-state index in [1.54, 1.807) is 0 Å². The van der Waals surface area contributed by atoms with Crippen molar-refractivity contribution in [2.75, 3.05) is 47.5 Å². The number of esters is 2. The van der Waals surface area contributed by atoms with Crippen LogP contribution >= 0.6 is 7.82 Å². The van der Waals surface area contributed by atoms with Crippen molar-refractivity contribution in [2.24, 2.45) is 0 Å². The molecule has 0 aliphatic rings. The predicted molar refractivity (Wildman–Crippen MR) is 296 cm³/mol. The van der Waals surface area contributed by atoms with Gasteiger partial charge in [0.05, 0.1) is 27.7 Å². The van der Waals surface area contributed by atoms with E-state index in [1.807, 2.05) is 21.1 Å². The number of rotatable bonds is 54.